The number of rotatable bonds is 7. The maximum absolute atomic E-state index is 5.41. The number of nitrogens with one attached hydrogen (secondary N) is 1. The SMILES string of the molecule is Cc1cc(CNCC(C)C)ccc1N(C)Cc1ccco1. The van der Waals surface area contributed by atoms with Gasteiger partial charge in [0.25, 0.3) is 0 Å². The van der Waals surface area contributed by atoms with Crippen molar-refractivity contribution in [2.24, 2.45) is 5.92 Å². The fourth-order valence-electron chi connectivity index (χ4n) is 2.48. The number of hydrogen-bond acceptors (Lipinski definition) is 3. The molecule has 0 unspecified atom stereocenters. The summed E-state index contributed by atoms with van der Waals surface area (Å²) in [6, 6.07) is 10.6. The molecule has 0 amide bonds. The minimum atomic E-state index is 0.685. The molecular formula is C18H26N2O. The van der Waals surface area contributed by atoms with E-state index in [4.69, 9.17) is 4.42 Å². The van der Waals surface area contributed by atoms with E-state index >= 15 is 0 Å². The molecule has 0 saturated heterocycles. The van der Waals surface area contributed by atoms with E-state index in [9.17, 15) is 0 Å². The summed E-state index contributed by atoms with van der Waals surface area (Å²) in [5.41, 5.74) is 3.88. The molecule has 1 aromatic heterocycles. The quantitative estimate of drug-likeness (QED) is 0.835. The number of aryl methyl sites for hydroxylation is 1. The molecule has 0 fully saturated rings. The van der Waals surface area contributed by atoms with E-state index in [1.54, 1.807) is 6.26 Å². The van der Waals surface area contributed by atoms with Crippen LogP contribution in [-0.4, -0.2) is 13.6 Å². The molecule has 0 spiro atoms. The van der Waals surface area contributed by atoms with E-state index in [1.807, 2.05) is 12.1 Å². The average molecular weight is 286 g/mol. The summed E-state index contributed by atoms with van der Waals surface area (Å²) in [6.45, 7) is 9.40. The number of nitrogens with zero attached hydrogens (tertiary/aromatic N) is 1. The highest BCUT2D eigenvalue weighted by atomic mass is 16.3. The van der Waals surface area contributed by atoms with Crippen molar-refractivity contribution in [2.45, 2.75) is 33.9 Å². The van der Waals surface area contributed by atoms with E-state index < -0.39 is 0 Å². The second-order valence-corrected chi connectivity index (χ2v) is 6.08. The first kappa shape index (κ1) is 15.6. The largest absolute Gasteiger partial charge is 0.467 e. The van der Waals surface area contributed by atoms with Crippen molar-refractivity contribution in [3.63, 3.8) is 0 Å². The van der Waals surface area contributed by atoms with Crippen molar-refractivity contribution in [1.29, 1.82) is 0 Å². The van der Waals surface area contributed by atoms with Crippen molar-refractivity contribution < 1.29 is 4.42 Å². The Morgan fingerprint density at radius 1 is 1.24 bits per heavy atom. The molecule has 0 atom stereocenters. The number of furan rings is 1. The molecule has 0 aliphatic heterocycles. The van der Waals surface area contributed by atoms with Crippen LogP contribution in [0.25, 0.3) is 0 Å². The second-order valence-electron chi connectivity index (χ2n) is 6.08. The number of anilines is 1. The summed E-state index contributed by atoms with van der Waals surface area (Å²) in [6.07, 6.45) is 1.72. The van der Waals surface area contributed by atoms with Gasteiger partial charge in [0, 0.05) is 19.3 Å². The average Bonchev–Trinajstić information content (AvgIpc) is 2.91. The third kappa shape index (κ3) is 4.64. The minimum absolute atomic E-state index is 0.685. The van der Waals surface area contributed by atoms with Gasteiger partial charge in [-0.1, -0.05) is 26.0 Å². The lowest BCUT2D eigenvalue weighted by molar-refractivity contribution is 0.507. The zero-order valence-electron chi connectivity index (χ0n) is 13.5. The van der Waals surface area contributed by atoms with Crippen molar-refractivity contribution >= 4 is 5.69 Å². The van der Waals surface area contributed by atoms with Gasteiger partial charge in [-0.3, -0.25) is 0 Å². The van der Waals surface area contributed by atoms with Crippen LogP contribution >= 0.6 is 0 Å². The zero-order valence-corrected chi connectivity index (χ0v) is 13.5. The molecule has 114 valence electrons. The molecule has 0 aliphatic rings. The second kappa shape index (κ2) is 7.32. The van der Waals surface area contributed by atoms with E-state index in [2.05, 4.69) is 56.2 Å². The molecule has 1 heterocycles. The van der Waals surface area contributed by atoms with Crippen LogP contribution in [-0.2, 0) is 13.1 Å². The van der Waals surface area contributed by atoms with Crippen LogP contribution in [0.3, 0.4) is 0 Å². The van der Waals surface area contributed by atoms with Gasteiger partial charge in [0.2, 0.25) is 0 Å². The smallest absolute Gasteiger partial charge is 0.123 e. The summed E-state index contributed by atoms with van der Waals surface area (Å²) in [5.74, 6) is 1.67. The molecule has 3 nitrogen and oxygen atoms in total. The van der Waals surface area contributed by atoms with E-state index in [1.165, 1.54) is 16.8 Å². The first-order chi connectivity index (χ1) is 10.1. The molecule has 0 saturated carbocycles. The van der Waals surface area contributed by atoms with Gasteiger partial charge in [-0.25, -0.2) is 0 Å². The minimum Gasteiger partial charge on any atom is -0.467 e. The highest BCUT2D eigenvalue weighted by molar-refractivity contribution is 5.54. The van der Waals surface area contributed by atoms with Crippen LogP contribution in [0, 0.1) is 12.8 Å². The zero-order chi connectivity index (χ0) is 15.2. The highest BCUT2D eigenvalue weighted by Crippen LogP contribution is 2.22. The lowest BCUT2D eigenvalue weighted by Crippen LogP contribution is -2.20. The van der Waals surface area contributed by atoms with Gasteiger partial charge in [-0.2, -0.15) is 0 Å². The number of benzene rings is 1. The van der Waals surface area contributed by atoms with Crippen molar-refractivity contribution in [1.82, 2.24) is 5.32 Å². The van der Waals surface area contributed by atoms with Crippen LogP contribution in [0.4, 0.5) is 5.69 Å². The molecule has 1 aromatic carbocycles. The van der Waals surface area contributed by atoms with E-state index in [-0.39, 0.29) is 0 Å². The fourth-order valence-corrected chi connectivity index (χ4v) is 2.48. The lowest BCUT2D eigenvalue weighted by atomic mass is 10.1. The molecule has 0 bridgehead atoms. The normalized spacial score (nSPS) is 11.1. The predicted octanol–water partition coefficient (Wildman–Crippen LogP) is 3.97. The third-order valence-electron chi connectivity index (χ3n) is 3.53. The van der Waals surface area contributed by atoms with Crippen molar-refractivity contribution in [3.8, 4) is 0 Å². The van der Waals surface area contributed by atoms with Crippen LogP contribution in [0.5, 0.6) is 0 Å². The van der Waals surface area contributed by atoms with E-state index in [0.717, 1.165) is 25.4 Å². The van der Waals surface area contributed by atoms with Gasteiger partial charge >= 0.3 is 0 Å². The molecule has 1 N–H and O–H groups in total. The Kier molecular flexibility index (Phi) is 5.45. The van der Waals surface area contributed by atoms with Crippen molar-refractivity contribution in [2.75, 3.05) is 18.5 Å². The molecule has 21 heavy (non-hydrogen) atoms. The van der Waals surface area contributed by atoms with Crippen LogP contribution in [0.2, 0.25) is 0 Å². The van der Waals surface area contributed by atoms with Crippen LogP contribution < -0.4 is 10.2 Å². The summed E-state index contributed by atoms with van der Waals surface area (Å²) in [7, 11) is 2.10. The first-order valence-corrected chi connectivity index (χ1v) is 7.60. The van der Waals surface area contributed by atoms with Crippen molar-refractivity contribution in [3.05, 3.63) is 53.5 Å². The number of hydrogen-bond donors (Lipinski definition) is 1. The lowest BCUT2D eigenvalue weighted by Gasteiger charge is -2.21. The maximum Gasteiger partial charge on any atom is 0.123 e. The van der Waals surface area contributed by atoms with Gasteiger partial charge in [-0.05, 0) is 48.7 Å². The van der Waals surface area contributed by atoms with Gasteiger partial charge in [0.05, 0.1) is 12.8 Å². The summed E-state index contributed by atoms with van der Waals surface area (Å²) < 4.78 is 5.41. The topological polar surface area (TPSA) is 28.4 Å². The summed E-state index contributed by atoms with van der Waals surface area (Å²) in [5, 5.41) is 3.48. The molecule has 2 rings (SSSR count). The van der Waals surface area contributed by atoms with Crippen LogP contribution in [0.15, 0.2) is 41.0 Å². The Hall–Kier alpha value is -1.74. The Morgan fingerprint density at radius 2 is 2.05 bits per heavy atom. The highest BCUT2D eigenvalue weighted by Gasteiger charge is 2.07. The van der Waals surface area contributed by atoms with Gasteiger partial charge in [-0.15, -0.1) is 0 Å². The molecular weight excluding hydrogens is 260 g/mol. The standard InChI is InChI=1S/C18H26N2O/c1-14(2)11-19-12-16-7-8-18(15(3)10-16)20(4)13-17-6-5-9-21-17/h5-10,14,19H,11-13H2,1-4H3. The third-order valence-corrected chi connectivity index (χ3v) is 3.53. The van der Waals surface area contributed by atoms with Gasteiger partial charge in [0.15, 0.2) is 0 Å². The molecule has 0 aliphatic carbocycles. The monoisotopic (exact) mass is 286 g/mol. The van der Waals surface area contributed by atoms with Gasteiger partial charge < -0.3 is 14.6 Å². The van der Waals surface area contributed by atoms with E-state index in [0.29, 0.717) is 5.92 Å². The molecule has 0 radical (unpaired) electrons. The fraction of sp³-hybridized carbons (Fsp3) is 0.444. The molecule has 3 heteroatoms. The Bertz CT molecular complexity index is 546. The maximum atomic E-state index is 5.41. The Morgan fingerprint density at radius 3 is 2.67 bits per heavy atom. The van der Waals surface area contributed by atoms with Gasteiger partial charge in [0.1, 0.15) is 5.76 Å². The summed E-state index contributed by atoms with van der Waals surface area (Å²) in [4.78, 5) is 2.22. The Labute approximate surface area is 128 Å². The first-order valence-electron chi connectivity index (χ1n) is 7.60. The molecule has 2 aromatic rings. The predicted molar refractivity (Wildman–Crippen MR) is 88.5 cm³/mol. The van der Waals surface area contributed by atoms with Crippen LogP contribution in [0.1, 0.15) is 30.7 Å². The Balaban J connectivity index is 1.98. The summed E-state index contributed by atoms with van der Waals surface area (Å²) >= 11 is 0.